The highest BCUT2D eigenvalue weighted by molar-refractivity contribution is 6.00. The Balaban J connectivity index is 1.79. The van der Waals surface area contributed by atoms with Gasteiger partial charge in [-0.05, 0) is 18.6 Å². The minimum atomic E-state index is -1.02. The van der Waals surface area contributed by atoms with Crippen LogP contribution in [0.2, 0.25) is 0 Å². The van der Waals surface area contributed by atoms with Crippen LogP contribution in [-0.4, -0.2) is 33.1 Å². The summed E-state index contributed by atoms with van der Waals surface area (Å²) in [5, 5.41) is 9.08. The molecule has 0 saturated heterocycles. The maximum absolute atomic E-state index is 12.7. The van der Waals surface area contributed by atoms with Crippen LogP contribution in [0.15, 0.2) is 42.9 Å². The lowest BCUT2D eigenvalue weighted by atomic mass is 10.2. The van der Waals surface area contributed by atoms with Gasteiger partial charge in [0.05, 0.1) is 6.33 Å². The summed E-state index contributed by atoms with van der Waals surface area (Å²) < 4.78 is 1.90. The summed E-state index contributed by atoms with van der Waals surface area (Å²) in [6.45, 7) is -0.322. The van der Waals surface area contributed by atoms with Crippen LogP contribution in [0.3, 0.4) is 0 Å². The van der Waals surface area contributed by atoms with Crippen LogP contribution in [0.4, 0.5) is 5.69 Å². The normalized spacial score (nSPS) is 19.7. The third kappa shape index (κ3) is 2.72. The van der Waals surface area contributed by atoms with Crippen molar-refractivity contribution in [2.75, 3.05) is 11.4 Å². The number of benzene rings is 1. The van der Waals surface area contributed by atoms with E-state index < -0.39 is 5.97 Å². The first kappa shape index (κ1) is 14.3. The van der Waals surface area contributed by atoms with E-state index in [1.54, 1.807) is 36.8 Å². The number of carboxylic acids is 1. The number of anilines is 1. The van der Waals surface area contributed by atoms with Gasteiger partial charge in [-0.2, -0.15) is 0 Å². The molecule has 1 aliphatic carbocycles. The van der Waals surface area contributed by atoms with Crippen molar-refractivity contribution in [3.8, 4) is 0 Å². The number of hydrogen-bond donors (Lipinski definition) is 1. The molecule has 0 spiro atoms. The van der Waals surface area contributed by atoms with E-state index in [9.17, 15) is 9.59 Å². The number of amides is 1. The Kier molecular flexibility index (Phi) is 3.66. The Bertz CT molecular complexity index is 696. The van der Waals surface area contributed by atoms with Crippen LogP contribution in [0, 0.1) is 5.92 Å². The first-order chi connectivity index (χ1) is 10.6. The summed E-state index contributed by atoms with van der Waals surface area (Å²) in [7, 11) is 1.90. The smallest absolute Gasteiger partial charge is 0.323 e. The van der Waals surface area contributed by atoms with Crippen molar-refractivity contribution in [2.24, 2.45) is 13.0 Å². The summed E-state index contributed by atoms with van der Waals surface area (Å²) >= 11 is 0. The average molecular weight is 299 g/mol. The molecular formula is C16H17N3O3. The molecule has 1 aromatic carbocycles. The van der Waals surface area contributed by atoms with Crippen molar-refractivity contribution >= 4 is 17.6 Å². The topological polar surface area (TPSA) is 75.4 Å². The third-order valence-corrected chi connectivity index (χ3v) is 3.97. The molecule has 1 aromatic heterocycles. The average Bonchev–Trinajstić information content (AvgIpc) is 3.19. The molecule has 3 rings (SSSR count). The summed E-state index contributed by atoms with van der Waals surface area (Å²) in [5.41, 5.74) is 1.63. The number of nitrogens with zero attached hydrogens (tertiary/aromatic N) is 3. The second kappa shape index (κ2) is 5.63. The largest absolute Gasteiger partial charge is 0.480 e. The van der Waals surface area contributed by atoms with Gasteiger partial charge in [-0.15, -0.1) is 0 Å². The number of para-hydroxylation sites is 1. The Morgan fingerprint density at radius 1 is 1.36 bits per heavy atom. The molecule has 6 heteroatoms. The highest BCUT2D eigenvalue weighted by Crippen LogP contribution is 2.48. The third-order valence-electron chi connectivity index (χ3n) is 3.97. The number of aliphatic carboxylic acids is 1. The minimum absolute atomic E-state index is 0.125. The lowest BCUT2D eigenvalue weighted by Gasteiger charge is -2.21. The van der Waals surface area contributed by atoms with Crippen molar-refractivity contribution in [1.29, 1.82) is 0 Å². The van der Waals surface area contributed by atoms with E-state index in [1.165, 1.54) is 4.90 Å². The van der Waals surface area contributed by atoms with Gasteiger partial charge in [0.15, 0.2) is 0 Å². The summed E-state index contributed by atoms with van der Waals surface area (Å²) in [4.78, 5) is 29.2. The van der Waals surface area contributed by atoms with Gasteiger partial charge in [0, 0.05) is 36.5 Å². The fourth-order valence-electron chi connectivity index (χ4n) is 2.76. The van der Waals surface area contributed by atoms with E-state index in [0.29, 0.717) is 5.69 Å². The van der Waals surface area contributed by atoms with Gasteiger partial charge in [-0.3, -0.25) is 9.59 Å². The predicted octanol–water partition coefficient (Wildman–Crippen LogP) is 1.64. The molecule has 1 amide bonds. The Morgan fingerprint density at radius 3 is 2.68 bits per heavy atom. The monoisotopic (exact) mass is 299 g/mol. The molecular weight excluding hydrogens is 282 g/mol. The number of aryl methyl sites for hydroxylation is 1. The SMILES string of the molecule is Cn1cncc1[C@@H]1C[C@H]1C(=O)N(CC(=O)O)c1ccccc1. The van der Waals surface area contributed by atoms with Crippen molar-refractivity contribution in [2.45, 2.75) is 12.3 Å². The van der Waals surface area contributed by atoms with E-state index in [0.717, 1.165) is 12.1 Å². The van der Waals surface area contributed by atoms with Crippen LogP contribution in [0.5, 0.6) is 0 Å². The fraction of sp³-hybridized carbons (Fsp3) is 0.312. The number of rotatable bonds is 5. The van der Waals surface area contributed by atoms with E-state index in [4.69, 9.17) is 5.11 Å². The van der Waals surface area contributed by atoms with Gasteiger partial charge in [0.2, 0.25) is 5.91 Å². The lowest BCUT2D eigenvalue weighted by molar-refractivity contribution is -0.136. The van der Waals surface area contributed by atoms with Crippen LogP contribution in [-0.2, 0) is 16.6 Å². The lowest BCUT2D eigenvalue weighted by Crippen LogP contribution is -2.37. The van der Waals surface area contributed by atoms with Crippen LogP contribution in [0.25, 0.3) is 0 Å². The molecule has 2 atom stereocenters. The van der Waals surface area contributed by atoms with E-state index in [1.807, 2.05) is 17.7 Å². The van der Waals surface area contributed by atoms with E-state index in [2.05, 4.69) is 4.98 Å². The van der Waals surface area contributed by atoms with Gasteiger partial charge >= 0.3 is 5.97 Å². The van der Waals surface area contributed by atoms with Gasteiger partial charge < -0.3 is 14.6 Å². The van der Waals surface area contributed by atoms with Gasteiger partial charge in [-0.1, -0.05) is 18.2 Å². The number of carbonyl (C=O) groups excluding carboxylic acids is 1. The maximum atomic E-state index is 12.7. The molecule has 1 heterocycles. The van der Waals surface area contributed by atoms with E-state index in [-0.39, 0.29) is 24.3 Å². The molecule has 6 nitrogen and oxygen atoms in total. The zero-order valence-corrected chi connectivity index (χ0v) is 12.2. The summed E-state index contributed by atoms with van der Waals surface area (Å²) in [5.74, 6) is -1.20. The van der Waals surface area contributed by atoms with Gasteiger partial charge in [0.1, 0.15) is 6.54 Å². The quantitative estimate of drug-likeness (QED) is 0.910. The molecule has 1 aliphatic rings. The molecule has 0 aliphatic heterocycles. The molecule has 22 heavy (non-hydrogen) atoms. The molecule has 114 valence electrons. The van der Waals surface area contributed by atoms with Crippen LogP contribution >= 0.6 is 0 Å². The maximum Gasteiger partial charge on any atom is 0.323 e. The zero-order chi connectivity index (χ0) is 15.7. The van der Waals surface area contributed by atoms with Crippen molar-refractivity contribution < 1.29 is 14.7 Å². The fourth-order valence-corrected chi connectivity index (χ4v) is 2.76. The predicted molar refractivity (Wildman–Crippen MR) is 80.5 cm³/mol. The zero-order valence-electron chi connectivity index (χ0n) is 12.2. The molecule has 0 radical (unpaired) electrons. The number of imidazole rings is 1. The molecule has 0 unspecified atom stereocenters. The van der Waals surface area contributed by atoms with Crippen molar-refractivity contribution in [1.82, 2.24) is 9.55 Å². The Hall–Kier alpha value is -2.63. The van der Waals surface area contributed by atoms with Crippen molar-refractivity contribution in [3.05, 3.63) is 48.5 Å². The Labute approximate surface area is 128 Å². The molecule has 1 saturated carbocycles. The van der Waals surface area contributed by atoms with Crippen molar-refractivity contribution in [3.63, 3.8) is 0 Å². The van der Waals surface area contributed by atoms with Crippen LogP contribution in [0.1, 0.15) is 18.0 Å². The molecule has 1 fully saturated rings. The summed E-state index contributed by atoms with van der Waals surface area (Å²) in [6.07, 6.45) is 4.21. The van der Waals surface area contributed by atoms with E-state index >= 15 is 0 Å². The molecule has 2 aromatic rings. The number of carboxylic acid groups (broad SMARTS) is 1. The first-order valence-corrected chi connectivity index (χ1v) is 7.12. The first-order valence-electron chi connectivity index (χ1n) is 7.12. The highest BCUT2D eigenvalue weighted by Gasteiger charge is 2.47. The summed E-state index contributed by atoms with van der Waals surface area (Å²) in [6, 6.07) is 8.93. The van der Waals surface area contributed by atoms with Gasteiger partial charge in [-0.25, -0.2) is 4.98 Å². The van der Waals surface area contributed by atoms with Crippen LogP contribution < -0.4 is 4.90 Å². The Morgan fingerprint density at radius 2 is 2.09 bits per heavy atom. The van der Waals surface area contributed by atoms with Gasteiger partial charge in [0.25, 0.3) is 0 Å². The number of carbonyl (C=O) groups is 2. The minimum Gasteiger partial charge on any atom is -0.480 e. The second-order valence-electron chi connectivity index (χ2n) is 5.53. The number of aromatic nitrogens is 2. The standard InChI is InChI=1S/C16H17N3O3/c1-18-10-17-8-14(18)12-7-13(12)16(22)19(9-15(20)21)11-5-3-2-4-6-11/h2-6,8,10,12-13H,7,9H2,1H3,(H,20,21)/t12-,13-/m1/s1. The highest BCUT2D eigenvalue weighted by atomic mass is 16.4. The molecule has 0 bridgehead atoms. The second-order valence-corrected chi connectivity index (χ2v) is 5.53. The number of hydrogen-bond acceptors (Lipinski definition) is 3. The molecule has 1 N–H and O–H groups in total.